The highest BCUT2D eigenvalue weighted by molar-refractivity contribution is 7.16. The van der Waals surface area contributed by atoms with Gasteiger partial charge in [-0.05, 0) is 37.5 Å². The normalized spacial score (nSPS) is 12.2. The average molecular weight is 369 g/mol. The van der Waals surface area contributed by atoms with Crippen LogP contribution in [-0.4, -0.2) is 22.7 Å². The summed E-state index contributed by atoms with van der Waals surface area (Å²) in [6.07, 6.45) is 1.99. The first kappa shape index (κ1) is 18.5. The minimum Gasteiger partial charge on any atom is -0.341 e. The maximum atomic E-state index is 13.4. The number of halogens is 2. The summed E-state index contributed by atoms with van der Waals surface area (Å²) in [4.78, 5) is 28.5. The topological polar surface area (TPSA) is 59.1 Å². The molecule has 0 spiro atoms. The number of nitrogens with one attached hydrogen (secondary N) is 1. The van der Waals surface area contributed by atoms with Crippen molar-refractivity contribution < 1.29 is 14.0 Å². The molecule has 0 radical (unpaired) electrons. The zero-order valence-electron chi connectivity index (χ0n) is 13.6. The molecule has 1 aromatic carbocycles. The average Bonchev–Trinajstić information content (AvgIpc) is 2.94. The molecule has 24 heavy (non-hydrogen) atoms. The van der Waals surface area contributed by atoms with E-state index in [1.165, 1.54) is 25.3 Å². The van der Waals surface area contributed by atoms with Gasteiger partial charge in [0.25, 0.3) is 5.91 Å². The molecule has 0 saturated heterocycles. The third kappa shape index (κ3) is 4.85. The highest BCUT2D eigenvalue weighted by Gasteiger charge is 2.21. The minimum absolute atomic E-state index is 0.0845. The van der Waals surface area contributed by atoms with Crippen molar-refractivity contribution in [1.29, 1.82) is 0 Å². The van der Waals surface area contributed by atoms with E-state index in [1.807, 2.05) is 13.8 Å². The molecule has 1 N–H and O–H groups in total. The Labute approximate surface area is 149 Å². The molecule has 1 atom stereocenters. The highest BCUT2D eigenvalue weighted by Crippen LogP contribution is 2.28. The van der Waals surface area contributed by atoms with E-state index in [9.17, 15) is 14.0 Å². The first-order valence-corrected chi connectivity index (χ1v) is 8.69. The Morgan fingerprint density at radius 3 is 2.62 bits per heavy atom. The van der Waals surface area contributed by atoms with Gasteiger partial charge in [-0.15, -0.1) is 11.3 Å². The number of Topliss-reactive ketones (excluding diaryl/α,β-unsaturated/α-hetero) is 1. The SMILES string of the molecule is CC(=O)[C@H](CC(C)C)NC(=O)c1cnc(-c2cc(F)cc(Cl)c2)s1. The lowest BCUT2D eigenvalue weighted by Crippen LogP contribution is -2.40. The van der Waals surface area contributed by atoms with Crippen LogP contribution in [0.4, 0.5) is 4.39 Å². The molecule has 128 valence electrons. The molecule has 2 aromatic rings. The number of nitrogens with zero attached hydrogens (tertiary/aromatic N) is 1. The zero-order valence-corrected chi connectivity index (χ0v) is 15.2. The molecule has 2 rings (SSSR count). The van der Waals surface area contributed by atoms with E-state index in [1.54, 1.807) is 6.07 Å². The van der Waals surface area contributed by atoms with Gasteiger partial charge in [0.1, 0.15) is 15.7 Å². The monoisotopic (exact) mass is 368 g/mol. The van der Waals surface area contributed by atoms with Gasteiger partial charge in [-0.2, -0.15) is 0 Å². The first-order chi connectivity index (χ1) is 11.3. The molecule has 0 aliphatic rings. The third-order valence-corrected chi connectivity index (χ3v) is 4.61. The Hall–Kier alpha value is -1.79. The Morgan fingerprint density at radius 2 is 2.04 bits per heavy atom. The first-order valence-electron chi connectivity index (χ1n) is 7.50. The quantitative estimate of drug-likeness (QED) is 0.825. The van der Waals surface area contributed by atoms with Gasteiger partial charge in [0.15, 0.2) is 5.78 Å². The maximum Gasteiger partial charge on any atom is 0.263 e. The fraction of sp³-hybridized carbons (Fsp3) is 0.353. The minimum atomic E-state index is -0.522. The van der Waals surface area contributed by atoms with Crippen molar-refractivity contribution in [2.75, 3.05) is 0 Å². The summed E-state index contributed by atoms with van der Waals surface area (Å²) in [5, 5.41) is 3.49. The number of ketones is 1. The summed E-state index contributed by atoms with van der Waals surface area (Å²) >= 11 is 6.97. The molecule has 0 fully saturated rings. The number of aromatic nitrogens is 1. The van der Waals surface area contributed by atoms with Crippen LogP contribution in [0, 0.1) is 11.7 Å². The molecule has 0 aliphatic heterocycles. The van der Waals surface area contributed by atoms with Crippen LogP contribution in [-0.2, 0) is 4.79 Å². The van der Waals surface area contributed by atoms with Gasteiger partial charge in [-0.3, -0.25) is 9.59 Å². The van der Waals surface area contributed by atoms with E-state index >= 15 is 0 Å². The van der Waals surface area contributed by atoms with Crippen molar-refractivity contribution in [3.63, 3.8) is 0 Å². The fourth-order valence-corrected chi connectivity index (χ4v) is 3.25. The number of carbonyl (C=O) groups excluding carboxylic acids is 2. The van der Waals surface area contributed by atoms with Gasteiger partial charge in [0.2, 0.25) is 0 Å². The smallest absolute Gasteiger partial charge is 0.263 e. The lowest BCUT2D eigenvalue weighted by Gasteiger charge is -2.17. The number of thiazole rings is 1. The number of rotatable bonds is 6. The molecule has 7 heteroatoms. The van der Waals surface area contributed by atoms with Gasteiger partial charge >= 0.3 is 0 Å². The van der Waals surface area contributed by atoms with Crippen LogP contribution in [0.2, 0.25) is 5.02 Å². The summed E-state index contributed by atoms with van der Waals surface area (Å²) in [7, 11) is 0. The van der Waals surface area contributed by atoms with Crippen molar-refractivity contribution in [2.45, 2.75) is 33.2 Å². The molecule has 0 unspecified atom stereocenters. The van der Waals surface area contributed by atoms with Gasteiger partial charge in [-0.25, -0.2) is 9.37 Å². The van der Waals surface area contributed by atoms with Crippen LogP contribution >= 0.6 is 22.9 Å². The van der Waals surface area contributed by atoms with Crippen molar-refractivity contribution >= 4 is 34.6 Å². The number of benzene rings is 1. The summed E-state index contributed by atoms with van der Waals surface area (Å²) in [5.41, 5.74) is 0.509. The second-order valence-electron chi connectivity index (χ2n) is 5.95. The van der Waals surface area contributed by atoms with Gasteiger partial charge in [0, 0.05) is 10.6 Å². The zero-order chi connectivity index (χ0) is 17.9. The summed E-state index contributed by atoms with van der Waals surface area (Å²) < 4.78 is 13.4. The largest absolute Gasteiger partial charge is 0.341 e. The molecular weight excluding hydrogens is 351 g/mol. The predicted octanol–water partition coefficient (Wildman–Crippen LogP) is 4.34. The van der Waals surface area contributed by atoms with Crippen LogP contribution < -0.4 is 5.32 Å². The standard InChI is InChI=1S/C17H18ClFN2O2S/c1-9(2)4-14(10(3)22)21-16(23)15-8-20-17(24-15)11-5-12(18)7-13(19)6-11/h5-9,14H,4H2,1-3H3,(H,21,23)/t14-/m0/s1. The van der Waals surface area contributed by atoms with Crippen LogP contribution in [0.15, 0.2) is 24.4 Å². The van der Waals surface area contributed by atoms with Crippen molar-refractivity contribution in [3.05, 3.63) is 40.1 Å². The Bertz CT molecular complexity index is 741. The molecule has 0 saturated carbocycles. The molecule has 1 heterocycles. The number of amides is 1. The van der Waals surface area contributed by atoms with Gasteiger partial charge in [0.05, 0.1) is 12.2 Å². The van der Waals surface area contributed by atoms with E-state index in [2.05, 4.69) is 10.3 Å². The molecule has 1 aromatic heterocycles. The highest BCUT2D eigenvalue weighted by atomic mass is 35.5. The van der Waals surface area contributed by atoms with Crippen LogP contribution in [0.3, 0.4) is 0 Å². The summed E-state index contributed by atoms with van der Waals surface area (Å²) in [5.74, 6) is -0.626. The van der Waals surface area contributed by atoms with E-state index < -0.39 is 11.9 Å². The maximum absolute atomic E-state index is 13.4. The predicted molar refractivity (Wildman–Crippen MR) is 93.9 cm³/mol. The molecule has 0 bridgehead atoms. The number of carbonyl (C=O) groups is 2. The molecular formula is C17H18ClFN2O2S. The van der Waals surface area contributed by atoms with Crippen LogP contribution in [0.1, 0.15) is 36.9 Å². The Kier molecular flexibility index (Phi) is 6.07. The van der Waals surface area contributed by atoms with Crippen molar-refractivity contribution in [3.8, 4) is 10.6 Å². The van der Waals surface area contributed by atoms with Gasteiger partial charge < -0.3 is 5.32 Å². The molecule has 4 nitrogen and oxygen atoms in total. The fourth-order valence-electron chi connectivity index (χ4n) is 2.22. The van der Waals surface area contributed by atoms with Crippen molar-refractivity contribution in [2.24, 2.45) is 5.92 Å². The summed E-state index contributed by atoms with van der Waals surface area (Å²) in [6, 6.07) is 3.58. The summed E-state index contributed by atoms with van der Waals surface area (Å²) in [6.45, 7) is 5.43. The van der Waals surface area contributed by atoms with E-state index in [4.69, 9.17) is 11.6 Å². The van der Waals surface area contributed by atoms with E-state index in [-0.39, 0.29) is 22.6 Å². The molecule has 1 amide bonds. The lowest BCUT2D eigenvalue weighted by atomic mass is 10.0. The van der Waals surface area contributed by atoms with Crippen molar-refractivity contribution in [1.82, 2.24) is 10.3 Å². The van der Waals surface area contributed by atoms with Gasteiger partial charge in [-0.1, -0.05) is 25.4 Å². The third-order valence-electron chi connectivity index (χ3n) is 3.34. The van der Waals surface area contributed by atoms with E-state index in [0.717, 1.165) is 11.3 Å². The van der Waals surface area contributed by atoms with Crippen LogP contribution in [0.25, 0.3) is 10.6 Å². The Morgan fingerprint density at radius 1 is 1.33 bits per heavy atom. The molecule has 0 aliphatic carbocycles. The van der Waals surface area contributed by atoms with E-state index in [0.29, 0.717) is 21.9 Å². The second-order valence-corrected chi connectivity index (χ2v) is 7.42. The lowest BCUT2D eigenvalue weighted by molar-refractivity contribution is -0.119. The Balaban J connectivity index is 2.17. The number of hydrogen-bond acceptors (Lipinski definition) is 4. The number of hydrogen-bond donors (Lipinski definition) is 1. The van der Waals surface area contributed by atoms with Crippen LogP contribution in [0.5, 0.6) is 0 Å². The second kappa shape index (κ2) is 7.85.